The number of imidazole rings is 1. The first-order valence-corrected chi connectivity index (χ1v) is 16.8. The zero-order valence-corrected chi connectivity index (χ0v) is 27.2. The lowest BCUT2D eigenvalue weighted by atomic mass is 9.84. The second-order valence-electron chi connectivity index (χ2n) is 11.6. The maximum Gasteiger partial charge on any atom is 0.397 e. The number of methoxy groups -OCH3 is 1. The van der Waals surface area contributed by atoms with Gasteiger partial charge in [-0.05, 0) is 36.6 Å². The van der Waals surface area contributed by atoms with Crippen LogP contribution in [0.1, 0.15) is 18.4 Å². The van der Waals surface area contributed by atoms with Gasteiger partial charge in [0, 0.05) is 37.1 Å². The second kappa shape index (κ2) is 14.1. The van der Waals surface area contributed by atoms with Crippen LogP contribution in [0, 0.1) is 11.6 Å². The van der Waals surface area contributed by atoms with Gasteiger partial charge in [-0.1, -0.05) is 0 Å². The van der Waals surface area contributed by atoms with Crippen molar-refractivity contribution in [2.75, 3.05) is 36.7 Å². The molecule has 20 heteroatoms. The Hall–Kier alpha value is -4.97. The lowest BCUT2D eigenvalue weighted by Crippen LogP contribution is -2.63. The highest BCUT2D eigenvalue weighted by Crippen LogP contribution is 2.41. The highest BCUT2D eigenvalue weighted by molar-refractivity contribution is 7.53. The summed E-state index contributed by atoms with van der Waals surface area (Å²) in [4.78, 5) is 36.8. The number of hydrogen-bond donors (Lipinski definition) is 4. The minimum Gasteiger partial charge on any atom is -0.494 e. The summed E-state index contributed by atoms with van der Waals surface area (Å²) >= 11 is 0. The standard InChI is InChI=1S/C30H31F4N10O5P/c1-48-23-10-19(31)18(9-20(23)32)21-8-17(22(11-38-21)43-7-2-4-30(35,13-43)25(45)26(33)34)12-44-15-41-24-27(39-14-40-28(24)44)42-16-50(46,47)49-29-36-5-3-6-37-29/h3,5-6,8-11,14-15,25-26,45H,2,4,7,12-13,16,35H2,1H3,(H,46,47)(H,39,40,42)/t25-,30-/m1/s1. The van der Waals surface area contributed by atoms with Crippen LogP contribution >= 0.6 is 7.60 Å². The molecule has 0 amide bonds. The van der Waals surface area contributed by atoms with E-state index >= 15 is 4.39 Å². The fourth-order valence-corrected chi connectivity index (χ4v) is 6.48. The van der Waals surface area contributed by atoms with Gasteiger partial charge < -0.3 is 39.8 Å². The Labute approximate surface area is 281 Å². The average Bonchev–Trinajstić information content (AvgIpc) is 3.51. The molecule has 0 bridgehead atoms. The molecule has 1 fully saturated rings. The Morgan fingerprint density at radius 2 is 1.88 bits per heavy atom. The van der Waals surface area contributed by atoms with Crippen molar-refractivity contribution >= 4 is 30.3 Å². The van der Waals surface area contributed by atoms with Crippen molar-refractivity contribution in [2.24, 2.45) is 5.73 Å². The summed E-state index contributed by atoms with van der Waals surface area (Å²) in [5, 5.41) is 13.0. The van der Waals surface area contributed by atoms with Crippen molar-refractivity contribution in [3.05, 3.63) is 72.7 Å². The number of pyridine rings is 1. The summed E-state index contributed by atoms with van der Waals surface area (Å²) in [6, 6.07) is 4.61. The number of alkyl halides is 2. The van der Waals surface area contributed by atoms with Gasteiger partial charge in [0.2, 0.25) is 0 Å². The number of nitrogens with one attached hydrogen (secondary N) is 1. The van der Waals surface area contributed by atoms with Crippen LogP contribution in [0.5, 0.6) is 11.8 Å². The SMILES string of the molecule is COc1cc(F)c(-c2cc(Cn3cnc4c(NCP(=O)(O)Oc5ncccn5)ncnc43)c(N3CCC[C@](N)([C@H](O)C(F)F)C3)cn2)cc1F. The van der Waals surface area contributed by atoms with Gasteiger partial charge in [0.1, 0.15) is 30.1 Å². The topological polar surface area (TPSA) is 200 Å². The molecular formula is C30H31F4N10O5P. The number of piperidine rings is 1. The van der Waals surface area contributed by atoms with Crippen molar-refractivity contribution in [1.82, 2.24) is 34.5 Å². The van der Waals surface area contributed by atoms with Crippen LogP contribution < -0.4 is 25.2 Å². The minimum atomic E-state index is -4.28. The van der Waals surface area contributed by atoms with E-state index in [1.54, 1.807) is 9.47 Å². The van der Waals surface area contributed by atoms with Gasteiger partial charge in [0.15, 0.2) is 23.0 Å². The van der Waals surface area contributed by atoms with E-state index in [0.717, 1.165) is 12.1 Å². The Morgan fingerprint density at radius 1 is 1.10 bits per heavy atom. The summed E-state index contributed by atoms with van der Waals surface area (Å²) in [6.45, 7) is 0.249. The molecule has 5 N–H and O–H groups in total. The first-order chi connectivity index (χ1) is 23.9. The van der Waals surface area contributed by atoms with Crippen molar-refractivity contribution in [1.29, 1.82) is 0 Å². The fourth-order valence-electron chi connectivity index (χ4n) is 5.72. The maximum atomic E-state index is 15.2. The van der Waals surface area contributed by atoms with Gasteiger partial charge in [-0.3, -0.25) is 4.98 Å². The largest absolute Gasteiger partial charge is 0.494 e. The molecule has 1 aliphatic heterocycles. The molecule has 0 radical (unpaired) electrons. The van der Waals surface area contributed by atoms with Crippen LogP contribution in [0.3, 0.4) is 0 Å². The summed E-state index contributed by atoms with van der Waals surface area (Å²) < 4.78 is 81.2. The predicted octanol–water partition coefficient (Wildman–Crippen LogP) is 3.57. The maximum absolute atomic E-state index is 15.2. The third-order valence-electron chi connectivity index (χ3n) is 8.16. The molecule has 0 saturated carbocycles. The molecule has 6 rings (SSSR count). The molecule has 15 nitrogen and oxygen atoms in total. The number of nitrogens with zero attached hydrogens (tertiary/aromatic N) is 8. The number of halogens is 4. The van der Waals surface area contributed by atoms with E-state index in [0.29, 0.717) is 24.2 Å². The Morgan fingerprint density at radius 3 is 2.62 bits per heavy atom. The first-order valence-electron chi connectivity index (χ1n) is 15.1. The number of anilines is 2. The molecule has 3 atom stereocenters. The van der Waals surface area contributed by atoms with Gasteiger partial charge in [0.25, 0.3) is 6.43 Å². The lowest BCUT2D eigenvalue weighted by Gasteiger charge is -2.44. The molecule has 1 unspecified atom stereocenters. The van der Waals surface area contributed by atoms with Crippen molar-refractivity contribution in [3.8, 4) is 23.0 Å². The third-order valence-corrected chi connectivity index (χ3v) is 9.17. The van der Waals surface area contributed by atoms with Gasteiger partial charge in [-0.2, -0.15) is 0 Å². The fraction of sp³-hybridized carbons (Fsp3) is 0.333. The normalized spacial score (nSPS) is 18.2. The molecule has 0 spiro atoms. The van der Waals surface area contributed by atoms with E-state index in [9.17, 15) is 27.7 Å². The number of hydrogen-bond acceptors (Lipinski definition) is 13. The van der Waals surface area contributed by atoms with Gasteiger partial charge in [-0.15, -0.1) is 0 Å². The molecule has 5 heterocycles. The van der Waals surface area contributed by atoms with E-state index in [2.05, 4.69) is 35.2 Å². The number of rotatable bonds is 12. The summed E-state index contributed by atoms with van der Waals surface area (Å²) in [5.41, 5.74) is 6.01. The summed E-state index contributed by atoms with van der Waals surface area (Å²) in [7, 11) is -3.08. The molecule has 50 heavy (non-hydrogen) atoms. The quantitative estimate of drug-likeness (QED) is 0.108. The second-order valence-corrected chi connectivity index (χ2v) is 13.3. The van der Waals surface area contributed by atoms with E-state index in [1.807, 2.05) is 0 Å². The van der Waals surface area contributed by atoms with Crippen LogP contribution in [0.25, 0.3) is 22.4 Å². The van der Waals surface area contributed by atoms with Gasteiger partial charge in [0.05, 0.1) is 43.1 Å². The zero-order chi connectivity index (χ0) is 35.6. The van der Waals surface area contributed by atoms with Crippen LogP contribution in [-0.4, -0.2) is 89.0 Å². The van der Waals surface area contributed by atoms with Crippen LogP contribution in [0.2, 0.25) is 0 Å². The highest BCUT2D eigenvalue weighted by Gasteiger charge is 2.43. The molecular weight excluding hydrogens is 687 g/mol. The molecule has 0 aliphatic carbocycles. The molecule has 264 valence electrons. The highest BCUT2D eigenvalue weighted by atomic mass is 31.2. The van der Waals surface area contributed by atoms with Crippen molar-refractivity contribution in [3.63, 3.8) is 0 Å². The van der Waals surface area contributed by atoms with Crippen LogP contribution in [0.4, 0.5) is 29.1 Å². The van der Waals surface area contributed by atoms with Crippen LogP contribution in [0.15, 0.2) is 55.5 Å². The number of fused-ring (bicyclic) bond motifs is 1. The Bertz CT molecular complexity index is 2040. The smallest absolute Gasteiger partial charge is 0.397 e. The predicted molar refractivity (Wildman–Crippen MR) is 172 cm³/mol. The number of ether oxygens (including phenoxy) is 1. The van der Waals surface area contributed by atoms with E-state index in [4.69, 9.17) is 15.0 Å². The molecule has 1 aromatic carbocycles. The molecule has 4 aromatic heterocycles. The molecule has 1 aliphatic rings. The molecule has 5 aromatic rings. The number of aliphatic hydroxyl groups is 1. The van der Waals surface area contributed by atoms with E-state index < -0.39 is 43.6 Å². The van der Waals surface area contributed by atoms with Crippen LogP contribution in [-0.2, 0) is 11.1 Å². The average molecular weight is 719 g/mol. The van der Waals surface area contributed by atoms with Gasteiger partial charge in [-0.25, -0.2) is 47.0 Å². The summed E-state index contributed by atoms with van der Waals surface area (Å²) in [6.07, 6.45) is 1.55. The molecule has 1 saturated heterocycles. The minimum absolute atomic E-state index is 0.0104. The van der Waals surface area contributed by atoms with Crippen molar-refractivity contribution in [2.45, 2.75) is 37.5 Å². The van der Waals surface area contributed by atoms with E-state index in [-0.39, 0.29) is 59.5 Å². The Balaban J connectivity index is 1.34. The summed E-state index contributed by atoms with van der Waals surface area (Å²) in [5.74, 6) is -1.79. The number of aliphatic hydroxyl groups excluding tert-OH is 1. The van der Waals surface area contributed by atoms with Gasteiger partial charge >= 0.3 is 13.6 Å². The van der Waals surface area contributed by atoms with E-state index in [1.165, 1.54) is 50.5 Å². The Kier molecular flexibility index (Phi) is 9.84. The zero-order valence-electron chi connectivity index (χ0n) is 26.3. The number of benzene rings is 1. The third kappa shape index (κ3) is 7.30. The first kappa shape index (κ1) is 34.9. The number of aromatic nitrogens is 7. The lowest BCUT2D eigenvalue weighted by molar-refractivity contribution is -0.0529. The van der Waals surface area contributed by atoms with Crippen molar-refractivity contribution < 1.29 is 41.4 Å². The number of nitrogens with two attached hydrogens (primary N) is 1. The monoisotopic (exact) mass is 718 g/mol.